The Morgan fingerprint density at radius 2 is 1.84 bits per heavy atom. The van der Waals surface area contributed by atoms with E-state index in [4.69, 9.17) is 43.9 Å². The predicted octanol–water partition coefficient (Wildman–Crippen LogP) is 1.76. The molecule has 394 valence electrons. The zero-order valence-electron chi connectivity index (χ0n) is 39.3. The van der Waals surface area contributed by atoms with E-state index in [-0.39, 0.29) is 73.3 Å². The van der Waals surface area contributed by atoms with E-state index < -0.39 is 134 Å². The van der Waals surface area contributed by atoms with Crippen LogP contribution in [-0.2, 0) is 66.6 Å². The number of carbonyl (C=O) groups is 6. The molecular weight excluding hydrogens is 1020 g/mol. The molecule has 9 N–H and O–H groups in total. The first-order valence-corrected chi connectivity index (χ1v) is 26.4. The van der Waals surface area contributed by atoms with Gasteiger partial charge in [0.05, 0.1) is 61.3 Å². The van der Waals surface area contributed by atoms with Crippen LogP contribution in [0, 0.1) is 0 Å². The molecule has 2 aliphatic carbocycles. The number of ether oxygens (including phenoxy) is 6. The van der Waals surface area contributed by atoms with Crippen LogP contribution in [-0.4, -0.2) is 166 Å². The number of rotatable bonds is 21. The van der Waals surface area contributed by atoms with E-state index in [1.54, 1.807) is 25.1 Å². The molecule has 2 heterocycles. The lowest BCUT2D eigenvalue weighted by molar-refractivity contribution is -0.246. The number of nitrogens with one attached hydrogen (secondary N) is 1. The highest BCUT2D eigenvalue weighted by Gasteiger charge is 2.52. The van der Waals surface area contributed by atoms with Crippen molar-refractivity contribution < 1.29 is 96.5 Å². The maximum absolute atomic E-state index is 14.1. The molecule has 0 aromatic heterocycles. The molecule has 0 spiro atoms. The van der Waals surface area contributed by atoms with Crippen LogP contribution in [0.5, 0.6) is 17.2 Å². The van der Waals surface area contributed by atoms with Gasteiger partial charge in [0.1, 0.15) is 55.5 Å². The number of benzene rings is 3. The van der Waals surface area contributed by atoms with Gasteiger partial charge in [-0.2, -0.15) is 0 Å². The van der Waals surface area contributed by atoms with Crippen molar-refractivity contribution in [3.05, 3.63) is 80.9 Å². The number of hydrogen-bond acceptors (Lipinski definition) is 21. The van der Waals surface area contributed by atoms with Gasteiger partial charge in [-0.15, -0.1) is 0 Å². The van der Waals surface area contributed by atoms with Crippen LogP contribution < -0.4 is 15.8 Å². The Labute approximate surface area is 424 Å². The molecule has 3 aromatic rings. The number of ketones is 3. The summed E-state index contributed by atoms with van der Waals surface area (Å²) in [4.78, 5) is 102. The van der Waals surface area contributed by atoms with E-state index in [2.05, 4.69) is 21.6 Å². The van der Waals surface area contributed by atoms with Crippen LogP contribution in [0.15, 0.2) is 46.3 Å². The minimum Gasteiger partial charge on any atom is -0.507 e. The molecule has 7 unspecified atom stereocenters. The number of fused-ring (bicyclic) bond motifs is 4. The maximum atomic E-state index is 14.1. The fourth-order valence-electron chi connectivity index (χ4n) is 9.01. The number of hydrogen-bond donors (Lipinski definition) is 8. The highest BCUT2D eigenvalue weighted by atomic mass is 33.1. The van der Waals surface area contributed by atoms with Crippen molar-refractivity contribution in [2.75, 3.05) is 52.6 Å². The monoisotopic (exact) mass is 1080 g/mol. The summed E-state index contributed by atoms with van der Waals surface area (Å²) in [6.07, 6.45) is -5.93. The van der Waals surface area contributed by atoms with E-state index in [0.29, 0.717) is 12.0 Å². The zero-order chi connectivity index (χ0) is 52.9. The summed E-state index contributed by atoms with van der Waals surface area (Å²) in [6.45, 7) is 2.56. The number of aliphatic hydroxyl groups is 2. The number of methoxy groups -OCH3 is 1. The molecule has 27 heteroatoms. The number of phosphoric acid groups is 1. The lowest BCUT2D eigenvalue weighted by atomic mass is 9.72. The number of phenols is 2. The van der Waals surface area contributed by atoms with Crippen LogP contribution in [0.2, 0.25) is 0 Å². The van der Waals surface area contributed by atoms with Gasteiger partial charge >= 0.3 is 13.9 Å². The molecule has 7 atom stereocenters. The topological polar surface area (TPSA) is 359 Å². The number of Topliss-reactive ketones (excluding diaryl/α,β-unsaturated/α-hetero) is 1. The average molecular weight is 1080 g/mol. The number of phosphoric ester groups is 1. The first kappa shape index (κ1) is 55.4. The van der Waals surface area contributed by atoms with Gasteiger partial charge < -0.3 is 69.7 Å². The smallest absolute Gasteiger partial charge is 0.469 e. The molecule has 7 rings (SSSR count). The highest BCUT2D eigenvalue weighted by molar-refractivity contribution is 8.76. The van der Waals surface area contributed by atoms with Crippen molar-refractivity contribution in [3.8, 4) is 17.2 Å². The summed E-state index contributed by atoms with van der Waals surface area (Å²) in [6, 6.07) is 7.84. The van der Waals surface area contributed by atoms with Crippen LogP contribution in [0.1, 0.15) is 80.0 Å². The van der Waals surface area contributed by atoms with Crippen LogP contribution in [0.25, 0.3) is 0 Å². The Balaban J connectivity index is 1.05. The molecule has 3 aromatic carbocycles. The lowest BCUT2D eigenvalue weighted by Crippen LogP contribution is -2.52. The molecule has 3 amide bonds. The fraction of sp³-hybridized carbons (Fsp3) is 0.457. The van der Waals surface area contributed by atoms with E-state index in [1.165, 1.54) is 51.8 Å². The number of aliphatic imine (C=N–C) groups is 1. The number of phenolic OH excluding ortho intramolecular Hbond substituents is 2. The minimum absolute atomic E-state index is 0.0419. The summed E-state index contributed by atoms with van der Waals surface area (Å²) in [7, 11) is -0.843. The maximum Gasteiger partial charge on any atom is 0.469 e. The molecule has 0 radical (unpaired) electrons. The van der Waals surface area contributed by atoms with E-state index >= 15 is 0 Å². The third-order valence-corrected chi connectivity index (χ3v) is 15.5. The second-order valence-electron chi connectivity index (χ2n) is 17.2. The first-order valence-electron chi connectivity index (χ1n) is 22.5. The predicted molar refractivity (Wildman–Crippen MR) is 256 cm³/mol. The van der Waals surface area contributed by atoms with Crippen LogP contribution in [0.3, 0.4) is 0 Å². The van der Waals surface area contributed by atoms with Crippen molar-refractivity contribution in [1.29, 1.82) is 0 Å². The number of nitrogens with zero attached hydrogens (tertiary/aromatic N) is 2. The number of aromatic hydroxyl groups is 2. The summed E-state index contributed by atoms with van der Waals surface area (Å²) in [5.41, 5.74) is 3.14. The van der Waals surface area contributed by atoms with Crippen molar-refractivity contribution in [3.63, 3.8) is 0 Å². The molecule has 2 saturated heterocycles. The molecular formula is C46H53N4O20PS2. The minimum atomic E-state index is -4.69. The average Bonchev–Trinajstić information content (AvgIpc) is 3.80. The highest BCUT2D eigenvalue weighted by Crippen LogP contribution is 2.53. The third kappa shape index (κ3) is 12.3. The number of nitrogens with two attached hydrogens (primary N) is 1. The van der Waals surface area contributed by atoms with Gasteiger partial charge in [-0.3, -0.25) is 33.4 Å². The van der Waals surface area contributed by atoms with E-state index in [1.807, 2.05) is 0 Å². The normalized spacial score (nSPS) is 22.6. The van der Waals surface area contributed by atoms with Crippen LogP contribution in [0.4, 0.5) is 4.79 Å². The summed E-state index contributed by atoms with van der Waals surface area (Å²) < 4.78 is 50.3. The Hall–Kier alpha value is -5.32. The molecule has 0 saturated carbocycles. The second-order valence-corrected chi connectivity index (χ2v) is 20.9. The third-order valence-electron chi connectivity index (χ3n) is 12.5. The Morgan fingerprint density at radius 1 is 1.08 bits per heavy atom. The lowest BCUT2D eigenvalue weighted by Gasteiger charge is -2.42. The Bertz CT molecular complexity index is 2720. The second kappa shape index (κ2) is 23.5. The largest absolute Gasteiger partial charge is 0.507 e. The van der Waals surface area contributed by atoms with Crippen LogP contribution >= 0.6 is 29.4 Å². The van der Waals surface area contributed by atoms with E-state index in [9.17, 15) is 53.8 Å². The van der Waals surface area contributed by atoms with Gasteiger partial charge in [0.15, 0.2) is 17.9 Å². The van der Waals surface area contributed by atoms with E-state index in [0.717, 1.165) is 10.5 Å². The van der Waals surface area contributed by atoms with Gasteiger partial charge in [-0.05, 0) is 43.3 Å². The number of carbonyl (C=O) groups excluding carboxylic acids is 6. The van der Waals surface area contributed by atoms with Crippen molar-refractivity contribution in [2.45, 2.75) is 86.4 Å². The standard InChI is InChI=1S/C46H53N4O20PS2/c1-22-43-28(14-34(69-22)70-30-16-46(60,32(52)17-51)15-26-36(30)42(57)38-37(40(26)55)39(54)25-5-4-6-29(64-3)35(25)41(38)56)50(21-67-43)45(59)66-18-23-7-8-31(24(13-23)9-11-65-19-33(53)48-2)73-72-20-27(47)44(58)49-10-12-68-71(61,62)63/h4-8,13,22,27-28,30,34,43,51,55,57,60H,2,9-12,14-21,47H2,1,3H3,(H,49,58)(H2,61,62,63). The summed E-state index contributed by atoms with van der Waals surface area (Å²) in [5, 5.41) is 47.7. The fourth-order valence-corrected chi connectivity index (χ4v) is 11.7. The molecule has 73 heavy (non-hydrogen) atoms. The van der Waals surface area contributed by atoms with Gasteiger partial charge in [0, 0.05) is 53.1 Å². The molecule has 0 bridgehead atoms. The number of amides is 3. The van der Waals surface area contributed by atoms with Crippen molar-refractivity contribution in [1.82, 2.24) is 10.2 Å². The van der Waals surface area contributed by atoms with Crippen molar-refractivity contribution >= 4 is 71.4 Å². The quantitative estimate of drug-likeness (QED) is 0.0194. The van der Waals surface area contributed by atoms with Crippen molar-refractivity contribution in [2.24, 2.45) is 10.7 Å². The zero-order valence-corrected chi connectivity index (χ0v) is 41.8. The Kier molecular flexibility index (Phi) is 17.8. The van der Waals surface area contributed by atoms with Gasteiger partial charge in [-0.25, -0.2) is 14.4 Å². The molecule has 2 aliphatic heterocycles. The molecule has 2 fully saturated rings. The van der Waals surface area contributed by atoms with Gasteiger partial charge in [-0.1, -0.05) is 45.9 Å². The molecule has 4 aliphatic rings. The summed E-state index contributed by atoms with van der Waals surface area (Å²) >= 11 is 0. The summed E-state index contributed by atoms with van der Waals surface area (Å²) in [5.74, 6) is -5.15. The molecule has 24 nitrogen and oxygen atoms in total. The van der Waals surface area contributed by atoms with Gasteiger partial charge in [0.2, 0.25) is 11.7 Å². The first-order chi connectivity index (χ1) is 34.7. The van der Waals surface area contributed by atoms with Gasteiger partial charge in [0.25, 0.3) is 5.91 Å². The SMILES string of the molecule is C=NC(=O)COCCc1cc(COC(=O)N2COC3C(C)OC(OC4CC(O)(C(=O)CO)Cc5c(O)c6c(c(O)c54)C(=O)c4c(OC)cccc4C6=O)CC32)ccc1SSCC(N)C(=O)NCCOP(=O)(O)O. The Morgan fingerprint density at radius 3 is 2.55 bits per heavy atom. The number of aliphatic hydroxyl groups excluding tert-OH is 1.